The van der Waals surface area contributed by atoms with Crippen molar-refractivity contribution in [1.29, 1.82) is 0 Å². The first-order valence-electron chi connectivity index (χ1n) is 5.95. The Morgan fingerprint density at radius 3 is 1.27 bits per heavy atom. The minimum atomic E-state index is -2.12. The molecule has 0 amide bonds. The van der Waals surface area contributed by atoms with Crippen LogP contribution in [-0.2, 0) is 38.2 Å². The van der Waals surface area contributed by atoms with Crippen molar-refractivity contribution in [2.75, 3.05) is 13.2 Å². The summed E-state index contributed by atoms with van der Waals surface area (Å²) in [5.74, 6) is -9.10. The summed E-state index contributed by atoms with van der Waals surface area (Å²) >= 11 is 0. The summed E-state index contributed by atoms with van der Waals surface area (Å²) in [5, 5.41) is 49.0. The van der Waals surface area contributed by atoms with Gasteiger partial charge >= 0.3 is 87.2 Å². The van der Waals surface area contributed by atoms with Gasteiger partial charge in [-0.05, 0) is 0 Å². The molecule has 0 saturated carbocycles. The Balaban J connectivity index is -0.000000393. The molecule has 0 radical (unpaired) electrons. The van der Waals surface area contributed by atoms with Crippen molar-refractivity contribution < 1.29 is 68.9 Å². The van der Waals surface area contributed by atoms with Crippen molar-refractivity contribution in [1.82, 2.24) is 0 Å². The van der Waals surface area contributed by atoms with E-state index in [2.05, 4.69) is 9.47 Å². The number of hydrogen-bond acceptors (Lipinski definition) is 8. The summed E-state index contributed by atoms with van der Waals surface area (Å²) in [7, 11) is 0. The van der Waals surface area contributed by atoms with Gasteiger partial charge in [0.05, 0.1) is 6.42 Å². The molecule has 15 heteroatoms. The van der Waals surface area contributed by atoms with E-state index in [-0.39, 0.29) is 51.4 Å². The van der Waals surface area contributed by atoms with Crippen LogP contribution in [0.2, 0.25) is 0 Å². The molecule has 1 atom stereocenters. The van der Waals surface area contributed by atoms with Crippen LogP contribution in [-0.4, -0.2) is 143 Å². The fourth-order valence-corrected chi connectivity index (χ4v) is 0.951. The van der Waals surface area contributed by atoms with Crippen LogP contribution in [0.25, 0.3) is 0 Å². The summed E-state index contributed by atoms with van der Waals surface area (Å²) in [6, 6.07) is 0. The third-order valence-electron chi connectivity index (χ3n) is 1.87. The standard InChI is InChI=1S/C6H8O7.C5H6O7.K.H/c7-4(8)1-3(6(11)12)13-2-5(9)10;6-2(7)1-12-3(4(8)9)5(10)11;;/h3H,1-2H2,(H,7,8)(H,9,10)(H,11,12);3H,1H2,(H,6,7)(H,8,9)(H,10,11);;. The first-order chi connectivity index (χ1) is 11.4. The van der Waals surface area contributed by atoms with Crippen LogP contribution < -0.4 is 0 Å². The van der Waals surface area contributed by atoms with Crippen molar-refractivity contribution in [3.8, 4) is 0 Å². The van der Waals surface area contributed by atoms with Crippen LogP contribution in [0, 0.1) is 0 Å². The number of hydrogen-bond donors (Lipinski definition) is 6. The summed E-state index contributed by atoms with van der Waals surface area (Å²) < 4.78 is 8.32. The van der Waals surface area contributed by atoms with Gasteiger partial charge in [-0.25, -0.2) is 24.0 Å². The van der Waals surface area contributed by atoms with E-state index in [1.807, 2.05) is 0 Å². The summed E-state index contributed by atoms with van der Waals surface area (Å²) in [5.41, 5.74) is 0. The second-order valence-electron chi connectivity index (χ2n) is 3.89. The molecule has 0 aromatic heterocycles. The van der Waals surface area contributed by atoms with E-state index < -0.39 is 67.7 Å². The molecule has 0 rings (SSSR count). The summed E-state index contributed by atoms with van der Waals surface area (Å²) in [4.78, 5) is 60.2. The van der Waals surface area contributed by atoms with E-state index in [0.717, 1.165) is 0 Å². The minimum absolute atomic E-state index is 0. The molecule has 0 aliphatic carbocycles. The van der Waals surface area contributed by atoms with Gasteiger partial charge in [-0.2, -0.15) is 0 Å². The Morgan fingerprint density at radius 1 is 0.615 bits per heavy atom. The Labute approximate surface area is 186 Å². The van der Waals surface area contributed by atoms with E-state index in [9.17, 15) is 28.8 Å². The fourth-order valence-electron chi connectivity index (χ4n) is 0.951. The van der Waals surface area contributed by atoms with Gasteiger partial charge in [-0.1, -0.05) is 0 Å². The van der Waals surface area contributed by atoms with E-state index in [0.29, 0.717) is 0 Å². The molecule has 0 aliphatic heterocycles. The van der Waals surface area contributed by atoms with Gasteiger partial charge in [-0.3, -0.25) is 4.79 Å². The molecule has 1 unspecified atom stereocenters. The molecule has 0 fully saturated rings. The first kappa shape index (κ1) is 29.2. The molecule has 6 N–H and O–H groups in total. The first-order valence-corrected chi connectivity index (χ1v) is 5.95. The third kappa shape index (κ3) is 17.2. The molecule has 14 nitrogen and oxygen atoms in total. The third-order valence-corrected chi connectivity index (χ3v) is 1.87. The monoisotopic (exact) mass is 410 g/mol. The summed E-state index contributed by atoms with van der Waals surface area (Å²) in [6.07, 6.45) is -4.50. The second-order valence-corrected chi connectivity index (χ2v) is 3.89. The van der Waals surface area contributed by atoms with Crippen molar-refractivity contribution in [2.45, 2.75) is 18.6 Å². The number of ether oxygens (including phenoxy) is 2. The Hall–Kier alpha value is -1.62. The average molecular weight is 410 g/mol. The summed E-state index contributed by atoms with van der Waals surface area (Å²) in [6.45, 7) is -1.78. The van der Waals surface area contributed by atoms with Gasteiger partial charge in [0.25, 0.3) is 6.10 Å². The van der Waals surface area contributed by atoms with Gasteiger partial charge in [0.15, 0.2) is 6.10 Å². The fraction of sp³-hybridized carbons (Fsp3) is 0.455. The molecule has 144 valence electrons. The van der Waals surface area contributed by atoms with Crippen LogP contribution in [0.15, 0.2) is 0 Å². The zero-order chi connectivity index (χ0) is 20.2. The predicted molar refractivity (Wildman–Crippen MR) is 77.1 cm³/mol. The van der Waals surface area contributed by atoms with Gasteiger partial charge in [-0.15, -0.1) is 0 Å². The molecule has 0 aromatic rings. The predicted octanol–water partition coefficient (Wildman–Crippen LogP) is -3.01. The SMILES string of the molecule is O=C(O)COC(C(=O)O)C(=O)O.O=C(O)COC(CC(=O)O)C(=O)O.[KH]. The Kier molecular flexibility index (Phi) is 17.5. The number of rotatable bonds is 11. The quantitative estimate of drug-likeness (QED) is 0.147. The van der Waals surface area contributed by atoms with E-state index in [1.165, 1.54) is 0 Å². The maximum absolute atomic E-state index is 10.3. The average Bonchev–Trinajstić information content (AvgIpc) is 2.42. The van der Waals surface area contributed by atoms with Crippen LogP contribution in [0.4, 0.5) is 0 Å². The topological polar surface area (TPSA) is 242 Å². The Morgan fingerprint density at radius 2 is 1.00 bits per heavy atom. The van der Waals surface area contributed by atoms with Crippen LogP contribution in [0.3, 0.4) is 0 Å². The number of aliphatic carboxylic acids is 6. The molecule has 0 saturated heterocycles. The van der Waals surface area contributed by atoms with Crippen molar-refractivity contribution in [3.63, 3.8) is 0 Å². The number of carbonyl (C=O) groups is 6. The number of carboxylic acid groups (broad SMARTS) is 6. The molecular formula is C11H15KO14. The Bertz CT molecular complexity index is 515. The van der Waals surface area contributed by atoms with Crippen molar-refractivity contribution in [2.24, 2.45) is 0 Å². The molecule has 0 bridgehead atoms. The van der Waals surface area contributed by atoms with Gasteiger partial charge in [0.2, 0.25) is 0 Å². The van der Waals surface area contributed by atoms with Crippen LogP contribution in [0.5, 0.6) is 0 Å². The van der Waals surface area contributed by atoms with Crippen LogP contribution >= 0.6 is 0 Å². The normalized spacial score (nSPS) is 10.5. The van der Waals surface area contributed by atoms with E-state index >= 15 is 0 Å². The zero-order valence-corrected chi connectivity index (χ0v) is 12.2. The van der Waals surface area contributed by atoms with Gasteiger partial charge < -0.3 is 40.1 Å². The molecule has 0 spiro atoms. The number of carboxylic acids is 6. The van der Waals surface area contributed by atoms with Gasteiger partial charge in [0, 0.05) is 0 Å². The van der Waals surface area contributed by atoms with Crippen LogP contribution in [0.1, 0.15) is 6.42 Å². The molecular weight excluding hydrogens is 395 g/mol. The van der Waals surface area contributed by atoms with Crippen molar-refractivity contribution in [3.05, 3.63) is 0 Å². The second kappa shape index (κ2) is 15.6. The molecule has 0 aromatic carbocycles. The molecule has 0 aliphatic rings. The van der Waals surface area contributed by atoms with E-state index in [1.54, 1.807) is 0 Å². The molecule has 0 heterocycles. The maximum atomic E-state index is 10.3. The zero-order valence-electron chi connectivity index (χ0n) is 12.2. The molecule has 26 heavy (non-hydrogen) atoms. The van der Waals surface area contributed by atoms with Crippen molar-refractivity contribution >= 4 is 87.2 Å². The van der Waals surface area contributed by atoms with Gasteiger partial charge in [0.1, 0.15) is 13.2 Å². The van der Waals surface area contributed by atoms with E-state index in [4.69, 9.17) is 30.6 Å².